The predicted molar refractivity (Wildman–Crippen MR) is 74.4 cm³/mol. The van der Waals surface area contributed by atoms with E-state index in [1.807, 2.05) is 11.7 Å². The van der Waals surface area contributed by atoms with Crippen molar-refractivity contribution in [1.29, 1.82) is 0 Å². The van der Waals surface area contributed by atoms with E-state index in [0.717, 1.165) is 5.92 Å². The van der Waals surface area contributed by atoms with Crippen molar-refractivity contribution in [1.82, 2.24) is 9.78 Å². The van der Waals surface area contributed by atoms with Gasteiger partial charge in [-0.05, 0) is 31.2 Å². The van der Waals surface area contributed by atoms with E-state index in [2.05, 4.69) is 32.1 Å². The fraction of sp³-hybridized carbons (Fsp3) is 0.800. The van der Waals surface area contributed by atoms with Crippen LogP contribution in [0, 0.1) is 6.92 Å². The van der Waals surface area contributed by atoms with E-state index >= 15 is 0 Å². The van der Waals surface area contributed by atoms with E-state index in [0.29, 0.717) is 0 Å². The van der Waals surface area contributed by atoms with Gasteiger partial charge in [-0.15, -0.1) is 0 Å². The van der Waals surface area contributed by atoms with E-state index in [-0.39, 0.29) is 0 Å². The molecule has 98 valence electrons. The number of aromatic nitrogens is 2. The lowest BCUT2D eigenvalue weighted by Gasteiger charge is -2.16. The molecule has 2 heteroatoms. The van der Waals surface area contributed by atoms with E-state index in [1.165, 1.54) is 56.2 Å². The third kappa shape index (κ3) is 4.18. The summed E-state index contributed by atoms with van der Waals surface area (Å²) in [6.07, 6.45) is 11.4. The smallest absolute Gasteiger partial charge is 0.0527 e. The van der Waals surface area contributed by atoms with Gasteiger partial charge in [-0.3, -0.25) is 4.68 Å². The Morgan fingerprint density at radius 1 is 1.12 bits per heavy atom. The molecular weight excluding hydrogens is 208 g/mol. The fourth-order valence-corrected chi connectivity index (χ4v) is 2.46. The van der Waals surface area contributed by atoms with Crippen LogP contribution in [0.25, 0.3) is 0 Å². The Bertz CT molecular complexity index is 315. The van der Waals surface area contributed by atoms with Gasteiger partial charge >= 0.3 is 0 Å². The SMILES string of the molecule is CCCCCC(CCCC)c1cnn(C)c1C. The van der Waals surface area contributed by atoms with Crippen molar-refractivity contribution in [3.63, 3.8) is 0 Å². The first-order valence-electron chi connectivity index (χ1n) is 7.19. The fourth-order valence-electron chi connectivity index (χ4n) is 2.46. The molecule has 0 radical (unpaired) electrons. The van der Waals surface area contributed by atoms with Gasteiger partial charge in [0.2, 0.25) is 0 Å². The Kier molecular flexibility index (Phi) is 6.31. The van der Waals surface area contributed by atoms with Gasteiger partial charge in [0.15, 0.2) is 0 Å². The topological polar surface area (TPSA) is 17.8 Å². The lowest BCUT2D eigenvalue weighted by Crippen LogP contribution is -2.02. The standard InChI is InChI=1S/C15H28N2/c1-5-7-9-11-14(10-8-6-2)15-12-16-17(4)13(15)3/h12,14H,5-11H2,1-4H3. The van der Waals surface area contributed by atoms with Crippen LogP contribution >= 0.6 is 0 Å². The van der Waals surface area contributed by atoms with Gasteiger partial charge in [0, 0.05) is 12.7 Å². The highest BCUT2D eigenvalue weighted by Gasteiger charge is 2.15. The third-order valence-corrected chi connectivity index (χ3v) is 3.78. The molecule has 1 heterocycles. The number of hydrogen-bond donors (Lipinski definition) is 0. The summed E-state index contributed by atoms with van der Waals surface area (Å²) in [7, 11) is 2.04. The molecule has 0 N–H and O–H groups in total. The zero-order valence-corrected chi connectivity index (χ0v) is 12.0. The highest BCUT2D eigenvalue weighted by atomic mass is 15.3. The Hall–Kier alpha value is -0.790. The first-order valence-corrected chi connectivity index (χ1v) is 7.19. The summed E-state index contributed by atoms with van der Waals surface area (Å²) >= 11 is 0. The highest BCUT2D eigenvalue weighted by molar-refractivity contribution is 5.21. The minimum atomic E-state index is 0.732. The van der Waals surface area contributed by atoms with E-state index < -0.39 is 0 Å². The van der Waals surface area contributed by atoms with Crippen LogP contribution in [0.5, 0.6) is 0 Å². The van der Waals surface area contributed by atoms with Gasteiger partial charge in [-0.1, -0.05) is 46.0 Å². The molecule has 0 aliphatic carbocycles. The van der Waals surface area contributed by atoms with Gasteiger partial charge in [-0.2, -0.15) is 5.10 Å². The molecular formula is C15H28N2. The van der Waals surface area contributed by atoms with E-state index in [4.69, 9.17) is 0 Å². The van der Waals surface area contributed by atoms with Crippen molar-refractivity contribution < 1.29 is 0 Å². The van der Waals surface area contributed by atoms with Crippen molar-refractivity contribution in [2.24, 2.45) is 7.05 Å². The van der Waals surface area contributed by atoms with Gasteiger partial charge in [0.25, 0.3) is 0 Å². The summed E-state index contributed by atoms with van der Waals surface area (Å²) in [5, 5.41) is 4.39. The maximum Gasteiger partial charge on any atom is 0.0527 e. The molecule has 0 fully saturated rings. The minimum absolute atomic E-state index is 0.732. The summed E-state index contributed by atoms with van der Waals surface area (Å²) in [6.45, 7) is 6.75. The van der Waals surface area contributed by atoms with Crippen LogP contribution in [0.4, 0.5) is 0 Å². The number of rotatable bonds is 8. The molecule has 0 spiro atoms. The van der Waals surface area contributed by atoms with Crippen molar-refractivity contribution in [3.8, 4) is 0 Å². The molecule has 0 saturated carbocycles. The molecule has 0 bridgehead atoms. The Morgan fingerprint density at radius 2 is 1.76 bits per heavy atom. The number of nitrogens with zero attached hydrogens (tertiary/aromatic N) is 2. The molecule has 0 amide bonds. The third-order valence-electron chi connectivity index (χ3n) is 3.78. The van der Waals surface area contributed by atoms with Crippen LogP contribution in [0.15, 0.2) is 6.20 Å². The van der Waals surface area contributed by atoms with Crippen LogP contribution in [0.1, 0.15) is 76.0 Å². The summed E-state index contributed by atoms with van der Waals surface area (Å²) < 4.78 is 2.01. The van der Waals surface area contributed by atoms with Gasteiger partial charge < -0.3 is 0 Å². The van der Waals surface area contributed by atoms with Crippen LogP contribution in [0.2, 0.25) is 0 Å². The minimum Gasteiger partial charge on any atom is -0.273 e. The first kappa shape index (κ1) is 14.3. The molecule has 1 atom stereocenters. The largest absolute Gasteiger partial charge is 0.273 e. The Balaban J connectivity index is 2.64. The summed E-state index contributed by atoms with van der Waals surface area (Å²) in [4.78, 5) is 0. The average Bonchev–Trinajstić information content (AvgIpc) is 2.65. The monoisotopic (exact) mass is 236 g/mol. The zero-order valence-electron chi connectivity index (χ0n) is 12.0. The van der Waals surface area contributed by atoms with Crippen molar-refractivity contribution in [2.75, 3.05) is 0 Å². The molecule has 0 aliphatic rings. The van der Waals surface area contributed by atoms with Crippen molar-refractivity contribution >= 4 is 0 Å². The maximum atomic E-state index is 4.39. The second kappa shape index (κ2) is 7.52. The summed E-state index contributed by atoms with van der Waals surface area (Å²) in [5.74, 6) is 0.732. The van der Waals surface area contributed by atoms with E-state index in [1.54, 1.807) is 0 Å². The summed E-state index contributed by atoms with van der Waals surface area (Å²) in [6, 6.07) is 0. The molecule has 0 saturated heterocycles. The average molecular weight is 236 g/mol. The molecule has 2 nitrogen and oxygen atoms in total. The van der Waals surface area contributed by atoms with Gasteiger partial charge in [0.1, 0.15) is 0 Å². The van der Waals surface area contributed by atoms with E-state index in [9.17, 15) is 0 Å². The normalized spacial score (nSPS) is 12.9. The van der Waals surface area contributed by atoms with Crippen LogP contribution in [-0.4, -0.2) is 9.78 Å². The van der Waals surface area contributed by atoms with Crippen LogP contribution in [0.3, 0.4) is 0 Å². The molecule has 0 aromatic carbocycles. The zero-order chi connectivity index (χ0) is 12.7. The molecule has 1 aromatic heterocycles. The predicted octanol–water partition coefficient (Wildman–Crippen LogP) is 4.58. The lowest BCUT2D eigenvalue weighted by atomic mass is 9.89. The second-order valence-corrected chi connectivity index (χ2v) is 5.14. The molecule has 17 heavy (non-hydrogen) atoms. The van der Waals surface area contributed by atoms with Crippen LogP contribution in [-0.2, 0) is 7.05 Å². The quantitative estimate of drug-likeness (QED) is 0.604. The molecule has 1 rings (SSSR count). The Morgan fingerprint density at radius 3 is 2.29 bits per heavy atom. The second-order valence-electron chi connectivity index (χ2n) is 5.14. The number of unbranched alkanes of at least 4 members (excludes halogenated alkanes) is 3. The van der Waals surface area contributed by atoms with Gasteiger partial charge in [-0.25, -0.2) is 0 Å². The number of hydrogen-bond acceptors (Lipinski definition) is 1. The molecule has 0 aliphatic heterocycles. The highest BCUT2D eigenvalue weighted by Crippen LogP contribution is 2.29. The van der Waals surface area contributed by atoms with Crippen molar-refractivity contribution in [2.45, 2.75) is 71.6 Å². The van der Waals surface area contributed by atoms with Crippen LogP contribution < -0.4 is 0 Å². The Labute approximate surface area is 106 Å². The summed E-state index contributed by atoms with van der Waals surface area (Å²) in [5.41, 5.74) is 2.83. The number of aryl methyl sites for hydroxylation is 1. The first-order chi connectivity index (χ1) is 8.20. The lowest BCUT2D eigenvalue weighted by molar-refractivity contribution is 0.512. The van der Waals surface area contributed by atoms with Crippen molar-refractivity contribution in [3.05, 3.63) is 17.5 Å². The molecule has 1 aromatic rings. The van der Waals surface area contributed by atoms with Gasteiger partial charge in [0.05, 0.1) is 6.20 Å². The maximum absolute atomic E-state index is 4.39. The molecule has 1 unspecified atom stereocenters.